The van der Waals surface area contributed by atoms with Gasteiger partial charge in [-0.2, -0.15) is 0 Å². The predicted molar refractivity (Wildman–Crippen MR) is 88.9 cm³/mol. The van der Waals surface area contributed by atoms with Crippen LogP contribution in [-0.2, 0) is 0 Å². The van der Waals surface area contributed by atoms with Crippen LogP contribution in [0.25, 0.3) is 10.8 Å². The highest BCUT2D eigenvalue weighted by atomic mass is 32.1. The molecule has 0 saturated carbocycles. The molecule has 1 aromatic heterocycles. The maximum Gasteiger partial charge on any atom is 0.262 e. The molecule has 2 nitrogen and oxygen atoms in total. The van der Waals surface area contributed by atoms with E-state index in [-0.39, 0.29) is 11.9 Å². The minimum absolute atomic E-state index is 0.00272. The van der Waals surface area contributed by atoms with Crippen molar-refractivity contribution >= 4 is 28.0 Å². The van der Waals surface area contributed by atoms with Crippen LogP contribution in [-0.4, -0.2) is 5.91 Å². The molecule has 2 aromatic carbocycles. The number of amides is 1. The number of nitrogens with one attached hydrogen (secondary N) is 1. The van der Waals surface area contributed by atoms with E-state index in [0.29, 0.717) is 0 Å². The molecule has 0 aliphatic heterocycles. The third kappa shape index (κ3) is 2.69. The summed E-state index contributed by atoms with van der Waals surface area (Å²) < 4.78 is 0. The van der Waals surface area contributed by atoms with Gasteiger partial charge in [-0.15, -0.1) is 11.3 Å². The Hall–Kier alpha value is -2.13. The second-order valence-electron chi connectivity index (χ2n) is 5.20. The van der Waals surface area contributed by atoms with E-state index in [1.54, 1.807) is 0 Å². The van der Waals surface area contributed by atoms with Crippen molar-refractivity contribution in [2.45, 2.75) is 19.9 Å². The summed E-state index contributed by atoms with van der Waals surface area (Å²) in [5, 5.41) is 7.44. The van der Waals surface area contributed by atoms with Gasteiger partial charge in [0.1, 0.15) is 0 Å². The van der Waals surface area contributed by atoms with Crippen molar-refractivity contribution < 1.29 is 4.79 Å². The van der Waals surface area contributed by atoms with Crippen LogP contribution in [0.4, 0.5) is 0 Å². The smallest absolute Gasteiger partial charge is 0.262 e. The summed E-state index contributed by atoms with van der Waals surface area (Å²) in [6.07, 6.45) is 0. The Bertz CT molecular complexity index is 785. The third-order valence-electron chi connectivity index (χ3n) is 3.71. The van der Waals surface area contributed by atoms with Crippen molar-refractivity contribution in [1.82, 2.24) is 5.32 Å². The van der Waals surface area contributed by atoms with Gasteiger partial charge in [0.2, 0.25) is 0 Å². The summed E-state index contributed by atoms with van der Waals surface area (Å²) in [7, 11) is 0. The van der Waals surface area contributed by atoms with E-state index in [9.17, 15) is 4.79 Å². The number of benzene rings is 2. The summed E-state index contributed by atoms with van der Waals surface area (Å²) in [5.41, 5.74) is 2.18. The molecule has 0 fully saturated rings. The zero-order valence-corrected chi connectivity index (χ0v) is 12.9. The molecule has 0 saturated heterocycles. The van der Waals surface area contributed by atoms with Gasteiger partial charge in [0, 0.05) is 0 Å². The molecular weight excluding hydrogens is 278 g/mol. The largest absolute Gasteiger partial charge is 0.345 e. The number of hydrogen-bond donors (Lipinski definition) is 1. The SMILES string of the molecule is Cc1ccsc1C(=O)N[C@@H](C)c1cccc2ccccc12. The lowest BCUT2D eigenvalue weighted by Gasteiger charge is -2.16. The number of hydrogen-bond acceptors (Lipinski definition) is 2. The lowest BCUT2D eigenvalue weighted by Crippen LogP contribution is -2.26. The van der Waals surface area contributed by atoms with Crippen LogP contribution in [0, 0.1) is 6.92 Å². The van der Waals surface area contributed by atoms with Gasteiger partial charge in [-0.25, -0.2) is 0 Å². The molecule has 0 aliphatic rings. The van der Waals surface area contributed by atoms with Gasteiger partial charge in [-0.05, 0) is 47.2 Å². The molecule has 0 unspecified atom stereocenters. The highest BCUT2D eigenvalue weighted by Crippen LogP contribution is 2.25. The first-order valence-corrected chi connectivity index (χ1v) is 7.87. The fourth-order valence-corrected chi connectivity index (χ4v) is 3.40. The van der Waals surface area contributed by atoms with Crippen molar-refractivity contribution in [3.8, 4) is 0 Å². The topological polar surface area (TPSA) is 29.1 Å². The molecule has 0 bridgehead atoms. The molecule has 1 heterocycles. The van der Waals surface area contributed by atoms with Crippen LogP contribution in [0.2, 0.25) is 0 Å². The van der Waals surface area contributed by atoms with Crippen molar-refractivity contribution in [2.75, 3.05) is 0 Å². The minimum Gasteiger partial charge on any atom is -0.345 e. The van der Waals surface area contributed by atoms with Gasteiger partial charge >= 0.3 is 0 Å². The third-order valence-corrected chi connectivity index (χ3v) is 4.72. The quantitative estimate of drug-likeness (QED) is 0.745. The normalized spacial score (nSPS) is 12.3. The lowest BCUT2D eigenvalue weighted by molar-refractivity contribution is 0.0943. The number of aryl methyl sites for hydroxylation is 1. The Morgan fingerprint density at radius 3 is 2.62 bits per heavy atom. The van der Waals surface area contributed by atoms with E-state index < -0.39 is 0 Å². The number of thiophene rings is 1. The average molecular weight is 295 g/mol. The van der Waals surface area contributed by atoms with Crippen LogP contribution >= 0.6 is 11.3 Å². The maximum absolute atomic E-state index is 12.3. The monoisotopic (exact) mass is 295 g/mol. The number of fused-ring (bicyclic) bond motifs is 1. The van der Waals surface area contributed by atoms with Gasteiger partial charge in [0.05, 0.1) is 10.9 Å². The highest BCUT2D eigenvalue weighted by molar-refractivity contribution is 7.12. The molecule has 3 rings (SSSR count). The molecule has 3 heteroatoms. The highest BCUT2D eigenvalue weighted by Gasteiger charge is 2.15. The molecule has 1 atom stereocenters. The van der Waals surface area contributed by atoms with Crippen LogP contribution < -0.4 is 5.32 Å². The lowest BCUT2D eigenvalue weighted by atomic mass is 9.99. The predicted octanol–water partition coefficient (Wildman–Crippen LogP) is 4.70. The first kappa shape index (κ1) is 13.8. The fourth-order valence-electron chi connectivity index (χ4n) is 2.57. The maximum atomic E-state index is 12.3. The van der Waals surface area contributed by atoms with E-state index in [2.05, 4.69) is 29.6 Å². The molecule has 106 valence electrons. The zero-order valence-electron chi connectivity index (χ0n) is 12.1. The number of rotatable bonds is 3. The van der Waals surface area contributed by atoms with Gasteiger partial charge in [0.25, 0.3) is 5.91 Å². The Labute approximate surface area is 128 Å². The number of carbonyl (C=O) groups is 1. The molecular formula is C18H17NOS. The van der Waals surface area contributed by atoms with Crippen molar-refractivity contribution in [3.05, 3.63) is 69.9 Å². The molecule has 0 aliphatic carbocycles. The molecule has 0 radical (unpaired) electrons. The van der Waals surface area contributed by atoms with E-state index in [1.807, 2.05) is 43.5 Å². The van der Waals surface area contributed by atoms with Crippen LogP contribution in [0.5, 0.6) is 0 Å². The molecule has 21 heavy (non-hydrogen) atoms. The van der Waals surface area contributed by atoms with Crippen LogP contribution in [0.3, 0.4) is 0 Å². The van der Waals surface area contributed by atoms with Crippen LogP contribution in [0.1, 0.15) is 33.8 Å². The Morgan fingerprint density at radius 1 is 1.10 bits per heavy atom. The van der Waals surface area contributed by atoms with Crippen molar-refractivity contribution in [1.29, 1.82) is 0 Å². The van der Waals surface area contributed by atoms with E-state index in [0.717, 1.165) is 16.0 Å². The average Bonchev–Trinajstić information content (AvgIpc) is 2.92. The Balaban J connectivity index is 1.89. The zero-order chi connectivity index (χ0) is 14.8. The minimum atomic E-state index is -0.0231. The summed E-state index contributed by atoms with van der Waals surface area (Å²) in [5.74, 6) is 0.00272. The Kier molecular flexibility index (Phi) is 3.76. The van der Waals surface area contributed by atoms with Crippen LogP contribution in [0.15, 0.2) is 53.9 Å². The van der Waals surface area contributed by atoms with Gasteiger partial charge in [-0.3, -0.25) is 4.79 Å². The number of carbonyl (C=O) groups excluding carboxylic acids is 1. The Morgan fingerprint density at radius 2 is 1.86 bits per heavy atom. The summed E-state index contributed by atoms with van der Waals surface area (Å²) in [6.45, 7) is 4.00. The first-order chi connectivity index (χ1) is 10.2. The van der Waals surface area contributed by atoms with Gasteiger partial charge < -0.3 is 5.32 Å². The van der Waals surface area contributed by atoms with E-state index in [1.165, 1.54) is 22.1 Å². The second-order valence-corrected chi connectivity index (χ2v) is 6.11. The summed E-state index contributed by atoms with van der Waals surface area (Å²) >= 11 is 1.49. The molecule has 3 aromatic rings. The summed E-state index contributed by atoms with van der Waals surface area (Å²) in [6, 6.07) is 16.4. The first-order valence-electron chi connectivity index (χ1n) is 6.99. The van der Waals surface area contributed by atoms with E-state index in [4.69, 9.17) is 0 Å². The van der Waals surface area contributed by atoms with Gasteiger partial charge in [0.15, 0.2) is 0 Å². The molecule has 1 N–H and O–H groups in total. The molecule has 1 amide bonds. The van der Waals surface area contributed by atoms with E-state index >= 15 is 0 Å². The van der Waals surface area contributed by atoms with Crippen molar-refractivity contribution in [3.63, 3.8) is 0 Å². The standard InChI is InChI=1S/C18H17NOS/c1-12-10-11-21-17(12)18(20)19-13(2)15-9-5-7-14-6-3-4-8-16(14)15/h3-11,13H,1-2H3,(H,19,20)/t13-/m0/s1. The second kappa shape index (κ2) is 5.70. The summed E-state index contributed by atoms with van der Waals surface area (Å²) in [4.78, 5) is 13.1. The molecule has 0 spiro atoms. The van der Waals surface area contributed by atoms with Crippen molar-refractivity contribution in [2.24, 2.45) is 0 Å². The fraction of sp³-hybridized carbons (Fsp3) is 0.167. The van der Waals surface area contributed by atoms with Gasteiger partial charge in [-0.1, -0.05) is 42.5 Å².